The Morgan fingerprint density at radius 2 is 2.08 bits per heavy atom. The van der Waals surface area contributed by atoms with E-state index in [9.17, 15) is 4.39 Å². The van der Waals surface area contributed by atoms with Gasteiger partial charge < -0.3 is 0 Å². The fourth-order valence-electron chi connectivity index (χ4n) is 1.96. The average molecular weight is 176 g/mol. The van der Waals surface area contributed by atoms with E-state index in [1.54, 1.807) is 6.07 Å². The lowest BCUT2D eigenvalue weighted by molar-refractivity contribution is 0.521. The number of halogens is 1. The Hall–Kier alpha value is -1.11. The molecule has 0 saturated heterocycles. The summed E-state index contributed by atoms with van der Waals surface area (Å²) in [5.41, 5.74) is 0.745. The van der Waals surface area contributed by atoms with Crippen molar-refractivity contribution in [2.75, 3.05) is 0 Å². The van der Waals surface area contributed by atoms with E-state index in [1.807, 2.05) is 12.1 Å². The molecule has 0 spiro atoms. The van der Waals surface area contributed by atoms with Gasteiger partial charge in [-0.2, -0.15) is 0 Å². The third kappa shape index (κ3) is 1.39. The van der Waals surface area contributed by atoms with E-state index in [1.165, 1.54) is 6.07 Å². The molecule has 1 heteroatoms. The molecule has 0 saturated carbocycles. The maximum Gasteiger partial charge on any atom is 0.127 e. The smallest absolute Gasteiger partial charge is 0.127 e. The predicted octanol–water partition coefficient (Wildman–Crippen LogP) is 3.43. The molecule has 0 aliphatic heterocycles. The van der Waals surface area contributed by atoms with Gasteiger partial charge in [0.05, 0.1) is 0 Å². The number of allylic oxidation sites excluding steroid dienone is 2. The van der Waals surface area contributed by atoms with Gasteiger partial charge in [0.1, 0.15) is 5.82 Å². The van der Waals surface area contributed by atoms with Crippen LogP contribution in [0.4, 0.5) is 4.39 Å². The number of rotatable bonds is 1. The van der Waals surface area contributed by atoms with Crippen molar-refractivity contribution in [3.63, 3.8) is 0 Å². The second-order valence-corrected chi connectivity index (χ2v) is 3.84. The first-order valence-corrected chi connectivity index (χ1v) is 4.65. The SMILES string of the molecule is C[C@]1(c2ccccc2F)C=CCC1. The molecule has 1 aromatic carbocycles. The van der Waals surface area contributed by atoms with Crippen LogP contribution in [0.15, 0.2) is 36.4 Å². The van der Waals surface area contributed by atoms with E-state index in [2.05, 4.69) is 19.1 Å². The van der Waals surface area contributed by atoms with E-state index in [0.29, 0.717) is 0 Å². The average Bonchev–Trinajstić information content (AvgIpc) is 2.54. The van der Waals surface area contributed by atoms with Gasteiger partial charge in [-0.25, -0.2) is 4.39 Å². The molecule has 0 heterocycles. The first kappa shape index (κ1) is 8.49. The van der Waals surface area contributed by atoms with Crippen molar-refractivity contribution in [2.24, 2.45) is 0 Å². The highest BCUT2D eigenvalue weighted by Crippen LogP contribution is 2.36. The van der Waals surface area contributed by atoms with E-state index >= 15 is 0 Å². The van der Waals surface area contributed by atoms with Crippen LogP contribution in [0.5, 0.6) is 0 Å². The lowest BCUT2D eigenvalue weighted by atomic mass is 9.82. The van der Waals surface area contributed by atoms with E-state index in [0.717, 1.165) is 18.4 Å². The molecule has 0 aromatic heterocycles. The zero-order valence-corrected chi connectivity index (χ0v) is 7.76. The molecule has 2 rings (SSSR count). The van der Waals surface area contributed by atoms with Crippen molar-refractivity contribution in [3.05, 3.63) is 47.8 Å². The molecule has 1 atom stereocenters. The molecule has 0 fully saturated rings. The van der Waals surface area contributed by atoms with Crippen LogP contribution in [0, 0.1) is 5.82 Å². The Bertz CT molecular complexity index is 341. The van der Waals surface area contributed by atoms with Crippen LogP contribution in [-0.2, 0) is 5.41 Å². The summed E-state index contributed by atoms with van der Waals surface area (Å²) in [5.74, 6) is -0.0865. The maximum atomic E-state index is 13.5. The molecule has 0 amide bonds. The van der Waals surface area contributed by atoms with Crippen LogP contribution < -0.4 is 0 Å². The van der Waals surface area contributed by atoms with Crippen LogP contribution in [0.1, 0.15) is 25.3 Å². The predicted molar refractivity (Wildman–Crippen MR) is 52.1 cm³/mol. The first-order valence-electron chi connectivity index (χ1n) is 4.65. The normalized spacial score (nSPS) is 26.6. The fourth-order valence-corrected chi connectivity index (χ4v) is 1.96. The summed E-state index contributed by atoms with van der Waals surface area (Å²) in [4.78, 5) is 0. The monoisotopic (exact) mass is 176 g/mol. The van der Waals surface area contributed by atoms with E-state index < -0.39 is 0 Å². The molecule has 0 nitrogen and oxygen atoms in total. The standard InChI is InChI=1S/C12H13F/c1-12(8-4-5-9-12)10-6-2-3-7-11(10)13/h2-4,6-8H,5,9H2,1H3/t12-/m0/s1. The molecule has 13 heavy (non-hydrogen) atoms. The van der Waals surface area contributed by atoms with Crippen LogP contribution in [0.25, 0.3) is 0 Å². The minimum Gasteiger partial charge on any atom is -0.207 e. The Balaban J connectivity index is 2.45. The Morgan fingerprint density at radius 1 is 1.31 bits per heavy atom. The summed E-state index contributed by atoms with van der Waals surface area (Å²) in [6.07, 6.45) is 6.33. The molecule has 1 aliphatic carbocycles. The highest BCUT2D eigenvalue weighted by atomic mass is 19.1. The lowest BCUT2D eigenvalue weighted by Crippen LogP contribution is -2.17. The van der Waals surface area contributed by atoms with Crippen molar-refractivity contribution in [2.45, 2.75) is 25.2 Å². The molecular weight excluding hydrogens is 163 g/mol. The van der Waals surface area contributed by atoms with Crippen molar-refractivity contribution in [1.29, 1.82) is 0 Å². The number of benzene rings is 1. The van der Waals surface area contributed by atoms with Crippen molar-refractivity contribution in [1.82, 2.24) is 0 Å². The Labute approximate surface area is 78.1 Å². The summed E-state index contributed by atoms with van der Waals surface area (Å²) in [5, 5.41) is 0. The summed E-state index contributed by atoms with van der Waals surface area (Å²) in [7, 11) is 0. The van der Waals surface area contributed by atoms with Gasteiger partial charge in [-0.1, -0.05) is 37.3 Å². The maximum absolute atomic E-state index is 13.5. The highest BCUT2D eigenvalue weighted by Gasteiger charge is 2.28. The van der Waals surface area contributed by atoms with Gasteiger partial charge in [0.25, 0.3) is 0 Å². The van der Waals surface area contributed by atoms with E-state index in [4.69, 9.17) is 0 Å². The first-order chi connectivity index (χ1) is 6.22. The summed E-state index contributed by atoms with van der Waals surface area (Å²) >= 11 is 0. The van der Waals surface area contributed by atoms with Crippen molar-refractivity contribution in [3.8, 4) is 0 Å². The summed E-state index contributed by atoms with van der Waals surface area (Å²) < 4.78 is 13.5. The second-order valence-electron chi connectivity index (χ2n) is 3.84. The lowest BCUT2D eigenvalue weighted by Gasteiger charge is -2.22. The molecular formula is C12H13F. The van der Waals surface area contributed by atoms with Crippen LogP contribution in [0.2, 0.25) is 0 Å². The summed E-state index contributed by atoms with van der Waals surface area (Å²) in [6.45, 7) is 2.09. The van der Waals surface area contributed by atoms with Gasteiger partial charge in [0, 0.05) is 5.41 Å². The zero-order valence-electron chi connectivity index (χ0n) is 7.76. The van der Waals surface area contributed by atoms with Crippen LogP contribution >= 0.6 is 0 Å². The third-order valence-corrected chi connectivity index (χ3v) is 2.81. The van der Waals surface area contributed by atoms with Crippen molar-refractivity contribution >= 4 is 0 Å². The minimum absolute atomic E-state index is 0.0780. The molecule has 0 bridgehead atoms. The Morgan fingerprint density at radius 3 is 2.69 bits per heavy atom. The number of hydrogen-bond donors (Lipinski definition) is 0. The van der Waals surface area contributed by atoms with Gasteiger partial charge in [0.2, 0.25) is 0 Å². The largest absolute Gasteiger partial charge is 0.207 e. The van der Waals surface area contributed by atoms with Crippen LogP contribution in [-0.4, -0.2) is 0 Å². The van der Waals surface area contributed by atoms with Crippen molar-refractivity contribution < 1.29 is 4.39 Å². The van der Waals surface area contributed by atoms with Gasteiger partial charge in [-0.15, -0.1) is 0 Å². The number of hydrogen-bond acceptors (Lipinski definition) is 0. The van der Waals surface area contributed by atoms with Gasteiger partial charge in [0.15, 0.2) is 0 Å². The zero-order chi connectivity index (χ0) is 9.31. The van der Waals surface area contributed by atoms with E-state index in [-0.39, 0.29) is 11.2 Å². The molecule has 0 radical (unpaired) electrons. The topological polar surface area (TPSA) is 0 Å². The quantitative estimate of drug-likeness (QED) is 0.575. The third-order valence-electron chi connectivity index (χ3n) is 2.81. The molecule has 0 N–H and O–H groups in total. The van der Waals surface area contributed by atoms with Crippen LogP contribution in [0.3, 0.4) is 0 Å². The van der Waals surface area contributed by atoms with Gasteiger partial charge in [-0.3, -0.25) is 0 Å². The Kier molecular flexibility index (Phi) is 1.95. The highest BCUT2D eigenvalue weighted by molar-refractivity contribution is 5.33. The molecule has 68 valence electrons. The van der Waals surface area contributed by atoms with Gasteiger partial charge in [-0.05, 0) is 24.5 Å². The fraction of sp³-hybridized carbons (Fsp3) is 0.333. The molecule has 0 unspecified atom stereocenters. The molecule has 1 aliphatic rings. The second kappa shape index (κ2) is 2.99. The molecule has 1 aromatic rings. The minimum atomic E-state index is -0.0865. The van der Waals surface area contributed by atoms with Gasteiger partial charge >= 0.3 is 0 Å². The summed E-state index contributed by atoms with van der Waals surface area (Å²) in [6, 6.07) is 7.05.